The van der Waals surface area contributed by atoms with Crippen molar-refractivity contribution in [1.29, 1.82) is 0 Å². The van der Waals surface area contributed by atoms with Gasteiger partial charge in [0.25, 0.3) is 0 Å². The SMILES string of the molecule is Cc1cccc(C)n1.Cc1ccncc1C. The van der Waals surface area contributed by atoms with Crippen molar-refractivity contribution in [3.05, 3.63) is 59.2 Å². The number of aromatic nitrogens is 2. The van der Waals surface area contributed by atoms with Crippen LogP contribution < -0.4 is 0 Å². The smallest absolute Gasteiger partial charge is 0.0375 e. The van der Waals surface area contributed by atoms with E-state index in [0.717, 1.165) is 11.4 Å². The van der Waals surface area contributed by atoms with Gasteiger partial charge in [-0.3, -0.25) is 9.97 Å². The van der Waals surface area contributed by atoms with Gasteiger partial charge in [0.15, 0.2) is 0 Å². The molecule has 2 heteroatoms. The second-order valence-electron chi connectivity index (χ2n) is 3.88. The molecule has 0 unspecified atom stereocenters. The summed E-state index contributed by atoms with van der Waals surface area (Å²) in [5.41, 5.74) is 4.74. The fraction of sp³-hybridized carbons (Fsp3) is 0.286. The molecule has 2 aromatic rings. The van der Waals surface area contributed by atoms with Crippen LogP contribution in [-0.4, -0.2) is 9.97 Å². The summed E-state index contributed by atoms with van der Waals surface area (Å²) in [6.07, 6.45) is 3.68. The monoisotopic (exact) mass is 214 g/mol. The molecular formula is C14H18N2. The van der Waals surface area contributed by atoms with Crippen LogP contribution in [-0.2, 0) is 0 Å². The van der Waals surface area contributed by atoms with E-state index in [1.54, 1.807) is 0 Å². The van der Waals surface area contributed by atoms with Crippen molar-refractivity contribution < 1.29 is 0 Å². The fourth-order valence-corrected chi connectivity index (χ4v) is 1.22. The Hall–Kier alpha value is -1.70. The molecule has 0 atom stereocenters. The summed E-state index contributed by atoms with van der Waals surface area (Å²) in [6.45, 7) is 8.12. The van der Waals surface area contributed by atoms with E-state index in [1.165, 1.54) is 11.1 Å². The average molecular weight is 214 g/mol. The van der Waals surface area contributed by atoms with Crippen LogP contribution in [0.5, 0.6) is 0 Å². The average Bonchev–Trinajstić information content (AvgIpc) is 2.23. The van der Waals surface area contributed by atoms with E-state index in [9.17, 15) is 0 Å². The maximum absolute atomic E-state index is 4.17. The van der Waals surface area contributed by atoms with Gasteiger partial charge in [-0.15, -0.1) is 0 Å². The van der Waals surface area contributed by atoms with Crippen LogP contribution in [0.2, 0.25) is 0 Å². The van der Waals surface area contributed by atoms with Gasteiger partial charge >= 0.3 is 0 Å². The van der Waals surface area contributed by atoms with E-state index in [0.29, 0.717) is 0 Å². The Morgan fingerprint density at radius 1 is 0.812 bits per heavy atom. The summed E-state index contributed by atoms with van der Waals surface area (Å²) < 4.78 is 0. The third-order valence-corrected chi connectivity index (χ3v) is 2.33. The van der Waals surface area contributed by atoms with E-state index >= 15 is 0 Å². The van der Waals surface area contributed by atoms with Crippen molar-refractivity contribution in [3.63, 3.8) is 0 Å². The number of hydrogen-bond donors (Lipinski definition) is 0. The van der Waals surface area contributed by atoms with Crippen LogP contribution in [0.1, 0.15) is 22.5 Å². The van der Waals surface area contributed by atoms with E-state index in [1.807, 2.05) is 50.5 Å². The second kappa shape index (κ2) is 6.01. The van der Waals surface area contributed by atoms with Crippen molar-refractivity contribution in [2.24, 2.45) is 0 Å². The molecule has 0 bridgehead atoms. The highest BCUT2D eigenvalue weighted by Gasteiger charge is 1.85. The summed E-state index contributed by atoms with van der Waals surface area (Å²) in [4.78, 5) is 8.12. The molecule has 0 saturated heterocycles. The van der Waals surface area contributed by atoms with E-state index in [-0.39, 0.29) is 0 Å². The van der Waals surface area contributed by atoms with Crippen LogP contribution >= 0.6 is 0 Å². The molecule has 0 spiro atoms. The second-order valence-corrected chi connectivity index (χ2v) is 3.88. The molecule has 0 aliphatic carbocycles. The first kappa shape index (κ1) is 12.4. The molecule has 84 valence electrons. The summed E-state index contributed by atoms with van der Waals surface area (Å²) >= 11 is 0. The highest BCUT2D eigenvalue weighted by Crippen LogP contribution is 2.00. The zero-order chi connectivity index (χ0) is 12.0. The van der Waals surface area contributed by atoms with Crippen LogP contribution in [0.15, 0.2) is 36.7 Å². The van der Waals surface area contributed by atoms with E-state index in [4.69, 9.17) is 0 Å². The Morgan fingerprint density at radius 2 is 1.44 bits per heavy atom. The van der Waals surface area contributed by atoms with Crippen LogP contribution in [0.3, 0.4) is 0 Å². The Labute approximate surface area is 97.4 Å². The number of aryl methyl sites for hydroxylation is 4. The minimum atomic E-state index is 1.09. The molecule has 0 fully saturated rings. The van der Waals surface area contributed by atoms with Crippen LogP contribution in [0.25, 0.3) is 0 Å². The molecule has 0 radical (unpaired) electrons. The molecule has 0 amide bonds. The highest BCUT2D eigenvalue weighted by atomic mass is 14.7. The minimum Gasteiger partial charge on any atom is -0.264 e. The Bertz CT molecular complexity index is 412. The highest BCUT2D eigenvalue weighted by molar-refractivity contribution is 5.18. The lowest BCUT2D eigenvalue weighted by atomic mass is 10.2. The first-order valence-electron chi connectivity index (χ1n) is 5.37. The first-order chi connectivity index (χ1) is 7.59. The van der Waals surface area contributed by atoms with Gasteiger partial charge in [-0.1, -0.05) is 6.07 Å². The summed E-state index contributed by atoms with van der Waals surface area (Å²) in [7, 11) is 0. The normalized spacial score (nSPS) is 9.25. The number of rotatable bonds is 0. The molecule has 2 aromatic heterocycles. The predicted octanol–water partition coefficient (Wildman–Crippen LogP) is 3.40. The van der Waals surface area contributed by atoms with Gasteiger partial charge < -0.3 is 0 Å². The molecule has 0 aliphatic heterocycles. The summed E-state index contributed by atoms with van der Waals surface area (Å²) in [5.74, 6) is 0. The Balaban J connectivity index is 0.000000160. The van der Waals surface area contributed by atoms with Gasteiger partial charge in [-0.05, 0) is 57.0 Å². The molecule has 2 rings (SSSR count). The lowest BCUT2D eigenvalue weighted by molar-refractivity contribution is 1.12. The van der Waals surface area contributed by atoms with Crippen molar-refractivity contribution in [3.8, 4) is 0 Å². The number of pyridine rings is 2. The maximum Gasteiger partial charge on any atom is 0.0375 e. The molecule has 16 heavy (non-hydrogen) atoms. The minimum absolute atomic E-state index is 1.09. The third kappa shape index (κ3) is 4.22. The summed E-state index contributed by atoms with van der Waals surface area (Å²) in [5, 5.41) is 0. The predicted molar refractivity (Wildman–Crippen MR) is 67.4 cm³/mol. The van der Waals surface area contributed by atoms with Crippen molar-refractivity contribution in [1.82, 2.24) is 9.97 Å². The zero-order valence-electron chi connectivity index (χ0n) is 10.4. The standard InChI is InChI=1S/2C7H9N/c1-6-3-4-8-5-7(6)2;1-6-4-3-5-7(2)8-6/h2*3-5H,1-2H3. The lowest BCUT2D eigenvalue weighted by Crippen LogP contribution is -1.81. The first-order valence-corrected chi connectivity index (χ1v) is 5.37. The van der Waals surface area contributed by atoms with E-state index in [2.05, 4.69) is 23.8 Å². The molecule has 0 saturated carbocycles. The van der Waals surface area contributed by atoms with Crippen molar-refractivity contribution in [2.75, 3.05) is 0 Å². The third-order valence-electron chi connectivity index (χ3n) is 2.33. The molecule has 0 N–H and O–H groups in total. The maximum atomic E-state index is 4.17. The van der Waals surface area contributed by atoms with Gasteiger partial charge in [0.2, 0.25) is 0 Å². The molecule has 0 aromatic carbocycles. The Morgan fingerprint density at radius 3 is 1.75 bits per heavy atom. The topological polar surface area (TPSA) is 25.8 Å². The van der Waals surface area contributed by atoms with E-state index < -0.39 is 0 Å². The number of hydrogen-bond acceptors (Lipinski definition) is 2. The largest absolute Gasteiger partial charge is 0.264 e. The van der Waals surface area contributed by atoms with Crippen LogP contribution in [0.4, 0.5) is 0 Å². The number of nitrogens with zero attached hydrogens (tertiary/aromatic N) is 2. The van der Waals surface area contributed by atoms with Gasteiger partial charge in [0, 0.05) is 23.8 Å². The molecular weight excluding hydrogens is 196 g/mol. The van der Waals surface area contributed by atoms with Gasteiger partial charge in [0.1, 0.15) is 0 Å². The fourth-order valence-electron chi connectivity index (χ4n) is 1.22. The Kier molecular flexibility index (Phi) is 4.65. The zero-order valence-corrected chi connectivity index (χ0v) is 10.4. The summed E-state index contributed by atoms with van der Waals surface area (Å²) in [6, 6.07) is 8.01. The van der Waals surface area contributed by atoms with Gasteiger partial charge in [-0.25, -0.2) is 0 Å². The van der Waals surface area contributed by atoms with Crippen LogP contribution in [0, 0.1) is 27.7 Å². The van der Waals surface area contributed by atoms with Gasteiger partial charge in [0.05, 0.1) is 0 Å². The quantitative estimate of drug-likeness (QED) is 0.671. The van der Waals surface area contributed by atoms with Crippen molar-refractivity contribution >= 4 is 0 Å². The van der Waals surface area contributed by atoms with Crippen molar-refractivity contribution in [2.45, 2.75) is 27.7 Å². The molecule has 0 aliphatic rings. The lowest BCUT2D eigenvalue weighted by Gasteiger charge is -1.92. The molecule has 2 heterocycles. The van der Waals surface area contributed by atoms with Gasteiger partial charge in [-0.2, -0.15) is 0 Å². The molecule has 2 nitrogen and oxygen atoms in total.